The number of anilines is 1. The molecule has 0 unspecified atom stereocenters. The van der Waals surface area contributed by atoms with Crippen molar-refractivity contribution in [2.75, 3.05) is 11.1 Å². The second-order valence-electron chi connectivity index (χ2n) is 8.13. The number of rotatable bonds is 7. The van der Waals surface area contributed by atoms with Gasteiger partial charge in [-0.05, 0) is 47.5 Å². The molecule has 0 bridgehead atoms. The van der Waals surface area contributed by atoms with Crippen molar-refractivity contribution in [1.82, 2.24) is 10.3 Å². The average Bonchev–Trinajstić information content (AvgIpc) is 3.30. The molecule has 0 aliphatic heterocycles. The molecule has 1 heterocycles. The summed E-state index contributed by atoms with van der Waals surface area (Å²) in [6.45, 7) is 1.98. The molecular weight excluding hydrogens is 474 g/mol. The lowest BCUT2D eigenvalue weighted by Gasteiger charge is -2.13. The van der Waals surface area contributed by atoms with Gasteiger partial charge in [0.05, 0.1) is 22.0 Å². The van der Waals surface area contributed by atoms with Crippen LogP contribution in [0.15, 0.2) is 95.3 Å². The Morgan fingerprint density at radius 1 is 0.943 bits per heavy atom. The van der Waals surface area contributed by atoms with Gasteiger partial charge >= 0.3 is 0 Å². The predicted octanol–water partition coefficient (Wildman–Crippen LogP) is 6.67. The molecule has 1 aromatic heterocycles. The fraction of sp³-hybridized carbons (Fsp3) is 0.107. The number of thiazole rings is 1. The van der Waals surface area contributed by atoms with Gasteiger partial charge in [0.25, 0.3) is 5.91 Å². The molecule has 0 fully saturated rings. The zero-order chi connectivity index (χ0) is 24.2. The summed E-state index contributed by atoms with van der Waals surface area (Å²) in [5.74, 6) is 0.111. The van der Waals surface area contributed by atoms with Gasteiger partial charge in [-0.2, -0.15) is 0 Å². The summed E-state index contributed by atoms with van der Waals surface area (Å²) in [7, 11) is 0. The highest BCUT2D eigenvalue weighted by Crippen LogP contribution is 2.31. The number of hydrogen-bond acceptors (Lipinski definition) is 5. The van der Waals surface area contributed by atoms with Crippen molar-refractivity contribution in [3.05, 3.63) is 102 Å². The summed E-state index contributed by atoms with van der Waals surface area (Å²) < 4.78 is 1.78. The van der Waals surface area contributed by atoms with Crippen LogP contribution in [0.1, 0.15) is 28.9 Å². The fourth-order valence-corrected chi connectivity index (χ4v) is 5.82. The largest absolute Gasteiger partial charge is 0.349 e. The Kier molecular flexibility index (Phi) is 6.79. The lowest BCUT2D eigenvalue weighted by atomic mass is 10.0. The molecule has 35 heavy (non-hydrogen) atoms. The number of thioether (sulfide) groups is 1. The predicted molar refractivity (Wildman–Crippen MR) is 145 cm³/mol. The van der Waals surface area contributed by atoms with E-state index in [2.05, 4.69) is 15.6 Å². The summed E-state index contributed by atoms with van der Waals surface area (Å²) in [6, 6.07) is 29.1. The number of carbonyl (C=O) groups excluding carboxylic acids is 2. The topological polar surface area (TPSA) is 71.1 Å². The molecule has 5 aromatic rings. The average molecular weight is 498 g/mol. The molecule has 2 amide bonds. The second kappa shape index (κ2) is 10.3. The minimum absolute atomic E-state index is 0.0337. The number of nitrogens with one attached hydrogen (secondary N) is 2. The first kappa shape index (κ1) is 23.1. The molecule has 174 valence electrons. The van der Waals surface area contributed by atoms with Crippen LogP contribution in [0, 0.1) is 0 Å². The van der Waals surface area contributed by atoms with Crippen molar-refractivity contribution in [3.8, 4) is 0 Å². The monoisotopic (exact) mass is 497 g/mol. The molecule has 0 saturated carbocycles. The highest BCUT2D eigenvalue weighted by atomic mass is 32.2. The highest BCUT2D eigenvalue weighted by molar-refractivity contribution is 8.01. The van der Waals surface area contributed by atoms with Gasteiger partial charge in [-0.25, -0.2) is 4.98 Å². The maximum atomic E-state index is 13.0. The molecule has 2 N–H and O–H groups in total. The Balaban J connectivity index is 1.23. The second-order valence-corrected chi connectivity index (χ2v) is 10.4. The Morgan fingerprint density at radius 2 is 1.71 bits per heavy atom. The lowest BCUT2D eigenvalue weighted by molar-refractivity contribution is -0.119. The summed E-state index contributed by atoms with van der Waals surface area (Å²) in [5, 5.41) is 7.99. The van der Waals surface area contributed by atoms with E-state index in [1.165, 1.54) is 23.1 Å². The van der Waals surface area contributed by atoms with Crippen LogP contribution < -0.4 is 10.6 Å². The van der Waals surface area contributed by atoms with Crippen LogP contribution in [-0.2, 0) is 4.79 Å². The Hall–Kier alpha value is -3.68. The van der Waals surface area contributed by atoms with Gasteiger partial charge in [-0.1, -0.05) is 78.5 Å². The zero-order valence-corrected chi connectivity index (χ0v) is 20.7. The Bertz CT molecular complexity index is 1510. The standard InChI is InChI=1S/C28H23N3O2S2/c1-18(19-8-3-2-4-9-19)29-26(32)17-34-28-31-24-15-14-21(16-25(24)35-28)30-27(33)23-13-7-11-20-10-5-6-12-22(20)23/h2-16,18H,17H2,1H3,(H,29,32)(H,30,33)/t18-/m1/s1. The highest BCUT2D eigenvalue weighted by Gasteiger charge is 2.13. The summed E-state index contributed by atoms with van der Waals surface area (Å²) in [6.07, 6.45) is 0. The van der Waals surface area contributed by atoms with Crippen LogP contribution >= 0.6 is 23.1 Å². The van der Waals surface area contributed by atoms with Gasteiger partial charge in [-0.15, -0.1) is 11.3 Å². The van der Waals surface area contributed by atoms with Crippen LogP contribution in [0.3, 0.4) is 0 Å². The van der Waals surface area contributed by atoms with Crippen molar-refractivity contribution in [3.63, 3.8) is 0 Å². The van der Waals surface area contributed by atoms with Gasteiger partial charge < -0.3 is 10.6 Å². The molecule has 0 aliphatic rings. The van der Waals surface area contributed by atoms with Crippen LogP contribution in [0.5, 0.6) is 0 Å². The number of amides is 2. The van der Waals surface area contributed by atoms with Crippen LogP contribution in [0.4, 0.5) is 5.69 Å². The van der Waals surface area contributed by atoms with Crippen LogP contribution in [0.2, 0.25) is 0 Å². The van der Waals surface area contributed by atoms with Crippen molar-refractivity contribution in [1.29, 1.82) is 0 Å². The molecular formula is C28H23N3O2S2. The van der Waals surface area contributed by atoms with E-state index in [-0.39, 0.29) is 17.9 Å². The maximum absolute atomic E-state index is 13.0. The van der Waals surface area contributed by atoms with E-state index in [0.29, 0.717) is 17.0 Å². The van der Waals surface area contributed by atoms with Gasteiger partial charge in [0, 0.05) is 11.3 Å². The summed E-state index contributed by atoms with van der Waals surface area (Å²) in [4.78, 5) is 30.0. The Labute approximate surface area is 211 Å². The third-order valence-electron chi connectivity index (χ3n) is 5.66. The third-order valence-corrected chi connectivity index (χ3v) is 7.83. The molecule has 5 rings (SSSR count). The van der Waals surface area contributed by atoms with E-state index in [4.69, 9.17) is 0 Å². The Morgan fingerprint density at radius 3 is 2.57 bits per heavy atom. The molecule has 5 nitrogen and oxygen atoms in total. The van der Waals surface area contributed by atoms with E-state index in [1.807, 2.05) is 97.9 Å². The van der Waals surface area contributed by atoms with E-state index >= 15 is 0 Å². The fourth-order valence-electron chi connectivity index (χ4n) is 3.90. The van der Waals surface area contributed by atoms with E-state index in [1.54, 1.807) is 0 Å². The van der Waals surface area contributed by atoms with E-state index in [0.717, 1.165) is 30.9 Å². The summed E-state index contributed by atoms with van der Waals surface area (Å²) >= 11 is 2.93. The first-order valence-corrected chi connectivity index (χ1v) is 13.0. The van der Waals surface area contributed by atoms with Gasteiger partial charge in [-0.3, -0.25) is 9.59 Å². The molecule has 0 radical (unpaired) electrons. The van der Waals surface area contributed by atoms with Crippen molar-refractivity contribution < 1.29 is 9.59 Å². The molecule has 7 heteroatoms. The normalized spacial score (nSPS) is 11.9. The number of aromatic nitrogens is 1. The van der Waals surface area contributed by atoms with Gasteiger partial charge in [0.2, 0.25) is 5.91 Å². The molecule has 4 aromatic carbocycles. The number of nitrogens with zero attached hydrogens (tertiary/aromatic N) is 1. The van der Waals surface area contributed by atoms with Crippen LogP contribution in [-0.4, -0.2) is 22.6 Å². The summed E-state index contributed by atoms with van der Waals surface area (Å²) in [5.41, 5.74) is 3.27. The molecule has 1 atom stereocenters. The SMILES string of the molecule is C[C@@H](NC(=O)CSc1nc2ccc(NC(=O)c3cccc4ccccc34)cc2s1)c1ccccc1. The minimum atomic E-state index is -0.149. The lowest BCUT2D eigenvalue weighted by Crippen LogP contribution is -2.28. The molecule has 0 saturated heterocycles. The molecule has 0 aliphatic carbocycles. The minimum Gasteiger partial charge on any atom is -0.349 e. The van der Waals surface area contributed by atoms with Gasteiger partial charge in [0.15, 0.2) is 4.34 Å². The van der Waals surface area contributed by atoms with Gasteiger partial charge in [0.1, 0.15) is 0 Å². The van der Waals surface area contributed by atoms with Crippen molar-refractivity contribution >= 4 is 61.6 Å². The maximum Gasteiger partial charge on any atom is 0.256 e. The molecule has 0 spiro atoms. The first-order valence-electron chi connectivity index (χ1n) is 11.2. The third kappa shape index (κ3) is 5.37. The first-order chi connectivity index (χ1) is 17.1. The van der Waals surface area contributed by atoms with Crippen molar-refractivity contribution in [2.24, 2.45) is 0 Å². The number of hydrogen-bond donors (Lipinski definition) is 2. The quantitative estimate of drug-likeness (QED) is 0.246. The van der Waals surface area contributed by atoms with Crippen molar-refractivity contribution in [2.45, 2.75) is 17.3 Å². The number of carbonyl (C=O) groups is 2. The van der Waals surface area contributed by atoms with Crippen LogP contribution in [0.25, 0.3) is 21.0 Å². The zero-order valence-electron chi connectivity index (χ0n) is 19.0. The smallest absolute Gasteiger partial charge is 0.256 e. The number of fused-ring (bicyclic) bond motifs is 2. The number of benzene rings is 4. The van der Waals surface area contributed by atoms with E-state index in [9.17, 15) is 9.59 Å². The van der Waals surface area contributed by atoms with E-state index < -0.39 is 0 Å².